The minimum absolute atomic E-state index is 0.0746. The standard InChI is InChI=1S/C17H19NO/c18-17(14-5-2-1-3-6-14)12-19-16-10-9-13-7-4-8-15(13)11-16/h1-3,5-6,9-11,17H,4,7-8,12,18H2. The van der Waals surface area contributed by atoms with E-state index in [-0.39, 0.29) is 6.04 Å². The second-order valence-corrected chi connectivity index (χ2v) is 5.11. The topological polar surface area (TPSA) is 35.2 Å². The van der Waals surface area contributed by atoms with E-state index < -0.39 is 0 Å². The third kappa shape index (κ3) is 2.79. The minimum Gasteiger partial charge on any atom is -0.492 e. The van der Waals surface area contributed by atoms with Crippen LogP contribution in [0.3, 0.4) is 0 Å². The summed E-state index contributed by atoms with van der Waals surface area (Å²) in [4.78, 5) is 0. The molecule has 2 aromatic carbocycles. The van der Waals surface area contributed by atoms with Gasteiger partial charge in [0.15, 0.2) is 0 Å². The molecule has 0 bridgehead atoms. The smallest absolute Gasteiger partial charge is 0.119 e. The number of rotatable bonds is 4. The lowest BCUT2D eigenvalue weighted by molar-refractivity contribution is 0.290. The van der Waals surface area contributed by atoms with Gasteiger partial charge in [-0.1, -0.05) is 36.4 Å². The zero-order valence-electron chi connectivity index (χ0n) is 11.0. The van der Waals surface area contributed by atoms with E-state index in [4.69, 9.17) is 10.5 Å². The molecule has 0 fully saturated rings. The molecule has 2 N–H and O–H groups in total. The van der Waals surface area contributed by atoms with Crippen LogP contribution in [0.15, 0.2) is 48.5 Å². The molecule has 0 saturated carbocycles. The van der Waals surface area contributed by atoms with E-state index in [9.17, 15) is 0 Å². The molecule has 3 rings (SSSR count). The first-order chi connectivity index (χ1) is 9.33. The van der Waals surface area contributed by atoms with Crippen LogP contribution in [0.4, 0.5) is 0 Å². The number of aryl methyl sites for hydroxylation is 2. The van der Waals surface area contributed by atoms with Gasteiger partial charge in [0, 0.05) is 0 Å². The van der Waals surface area contributed by atoms with Gasteiger partial charge in [-0.15, -0.1) is 0 Å². The van der Waals surface area contributed by atoms with Gasteiger partial charge in [0.25, 0.3) is 0 Å². The molecular formula is C17H19NO. The molecule has 0 amide bonds. The molecule has 1 atom stereocenters. The Balaban J connectivity index is 1.63. The molecule has 2 nitrogen and oxygen atoms in total. The van der Waals surface area contributed by atoms with Gasteiger partial charge in [-0.2, -0.15) is 0 Å². The van der Waals surface area contributed by atoms with Crippen molar-refractivity contribution in [2.75, 3.05) is 6.61 Å². The lowest BCUT2D eigenvalue weighted by atomic mass is 10.1. The van der Waals surface area contributed by atoms with Crippen molar-refractivity contribution in [3.63, 3.8) is 0 Å². The molecule has 0 heterocycles. The first kappa shape index (κ1) is 12.2. The number of hydrogen-bond acceptors (Lipinski definition) is 2. The molecule has 0 spiro atoms. The number of nitrogens with two attached hydrogens (primary N) is 1. The fourth-order valence-corrected chi connectivity index (χ4v) is 2.62. The summed E-state index contributed by atoms with van der Waals surface area (Å²) in [7, 11) is 0. The highest BCUT2D eigenvalue weighted by Gasteiger charge is 2.12. The average molecular weight is 253 g/mol. The van der Waals surface area contributed by atoms with E-state index >= 15 is 0 Å². The zero-order valence-corrected chi connectivity index (χ0v) is 11.0. The van der Waals surface area contributed by atoms with Gasteiger partial charge >= 0.3 is 0 Å². The Bertz CT molecular complexity index is 550. The van der Waals surface area contributed by atoms with Gasteiger partial charge < -0.3 is 10.5 Å². The van der Waals surface area contributed by atoms with Gasteiger partial charge in [0.05, 0.1) is 6.04 Å². The van der Waals surface area contributed by atoms with Crippen LogP contribution in [0.2, 0.25) is 0 Å². The van der Waals surface area contributed by atoms with E-state index in [1.165, 1.54) is 30.4 Å². The van der Waals surface area contributed by atoms with E-state index in [0.29, 0.717) is 6.61 Å². The highest BCUT2D eigenvalue weighted by atomic mass is 16.5. The van der Waals surface area contributed by atoms with Crippen LogP contribution < -0.4 is 10.5 Å². The summed E-state index contributed by atoms with van der Waals surface area (Å²) in [6.07, 6.45) is 3.65. The zero-order chi connectivity index (χ0) is 13.1. The van der Waals surface area contributed by atoms with E-state index in [2.05, 4.69) is 18.2 Å². The van der Waals surface area contributed by atoms with E-state index in [1.54, 1.807) is 0 Å². The molecule has 2 heteroatoms. The minimum atomic E-state index is -0.0746. The summed E-state index contributed by atoms with van der Waals surface area (Å²) in [5.74, 6) is 0.937. The highest BCUT2D eigenvalue weighted by Crippen LogP contribution is 2.26. The fourth-order valence-electron chi connectivity index (χ4n) is 2.62. The summed E-state index contributed by atoms with van der Waals surface area (Å²) >= 11 is 0. The Labute approximate surface area is 114 Å². The summed E-state index contributed by atoms with van der Waals surface area (Å²) in [5.41, 5.74) is 10.2. The molecule has 2 aromatic rings. The van der Waals surface area contributed by atoms with Crippen molar-refractivity contribution in [3.8, 4) is 5.75 Å². The van der Waals surface area contributed by atoms with Crippen molar-refractivity contribution in [2.24, 2.45) is 5.73 Å². The Morgan fingerprint density at radius 3 is 2.63 bits per heavy atom. The van der Waals surface area contributed by atoms with Crippen molar-refractivity contribution in [1.29, 1.82) is 0 Å². The average Bonchev–Trinajstić information content (AvgIpc) is 2.93. The highest BCUT2D eigenvalue weighted by molar-refractivity contribution is 5.38. The van der Waals surface area contributed by atoms with E-state index in [1.807, 2.05) is 30.3 Å². The summed E-state index contributed by atoms with van der Waals surface area (Å²) in [5, 5.41) is 0. The lowest BCUT2D eigenvalue weighted by Gasteiger charge is -2.14. The SMILES string of the molecule is NC(COc1ccc2c(c1)CCC2)c1ccccc1. The van der Waals surface area contributed by atoms with Gasteiger partial charge in [0.1, 0.15) is 12.4 Å². The van der Waals surface area contributed by atoms with Crippen LogP contribution in [0, 0.1) is 0 Å². The molecule has 0 aliphatic heterocycles. The van der Waals surface area contributed by atoms with Crippen LogP contribution in [0.5, 0.6) is 5.75 Å². The Kier molecular flexibility index (Phi) is 3.51. The maximum atomic E-state index is 6.13. The second-order valence-electron chi connectivity index (χ2n) is 5.11. The van der Waals surface area contributed by atoms with Crippen LogP contribution in [-0.4, -0.2) is 6.61 Å². The Morgan fingerprint density at radius 2 is 1.79 bits per heavy atom. The first-order valence-corrected chi connectivity index (χ1v) is 6.88. The second kappa shape index (κ2) is 5.45. The molecule has 1 unspecified atom stereocenters. The van der Waals surface area contributed by atoms with Crippen molar-refractivity contribution in [1.82, 2.24) is 0 Å². The maximum Gasteiger partial charge on any atom is 0.119 e. The third-order valence-corrected chi connectivity index (χ3v) is 3.73. The summed E-state index contributed by atoms with van der Waals surface area (Å²) < 4.78 is 5.82. The maximum absolute atomic E-state index is 6.13. The number of fused-ring (bicyclic) bond motifs is 1. The van der Waals surface area contributed by atoms with E-state index in [0.717, 1.165) is 11.3 Å². The van der Waals surface area contributed by atoms with Crippen LogP contribution in [-0.2, 0) is 12.8 Å². The van der Waals surface area contributed by atoms with Crippen molar-refractivity contribution in [3.05, 3.63) is 65.2 Å². The largest absolute Gasteiger partial charge is 0.492 e. The first-order valence-electron chi connectivity index (χ1n) is 6.88. The van der Waals surface area contributed by atoms with Crippen LogP contribution in [0.25, 0.3) is 0 Å². The predicted molar refractivity (Wildman–Crippen MR) is 77.3 cm³/mol. The molecule has 98 valence electrons. The van der Waals surface area contributed by atoms with Gasteiger partial charge in [0.2, 0.25) is 0 Å². The van der Waals surface area contributed by atoms with Gasteiger partial charge in [-0.3, -0.25) is 0 Å². The molecule has 0 radical (unpaired) electrons. The molecule has 19 heavy (non-hydrogen) atoms. The normalized spacial score (nSPS) is 15.0. The summed E-state index contributed by atoms with van der Waals surface area (Å²) in [6.45, 7) is 0.517. The molecule has 0 aromatic heterocycles. The third-order valence-electron chi connectivity index (χ3n) is 3.73. The van der Waals surface area contributed by atoms with Gasteiger partial charge in [-0.25, -0.2) is 0 Å². The predicted octanol–water partition coefficient (Wildman–Crippen LogP) is 3.25. The molecule has 1 aliphatic rings. The van der Waals surface area contributed by atoms with Gasteiger partial charge in [-0.05, 0) is 48.1 Å². The van der Waals surface area contributed by atoms with Crippen LogP contribution in [0.1, 0.15) is 29.2 Å². The number of benzene rings is 2. The van der Waals surface area contributed by atoms with Crippen molar-refractivity contribution >= 4 is 0 Å². The van der Waals surface area contributed by atoms with Crippen molar-refractivity contribution in [2.45, 2.75) is 25.3 Å². The Morgan fingerprint density at radius 1 is 1.00 bits per heavy atom. The number of ether oxygens (including phenoxy) is 1. The number of hydrogen-bond donors (Lipinski definition) is 1. The van der Waals surface area contributed by atoms with Crippen molar-refractivity contribution < 1.29 is 4.74 Å². The Hall–Kier alpha value is -1.80. The molecular weight excluding hydrogens is 234 g/mol. The fraction of sp³-hybridized carbons (Fsp3) is 0.294. The lowest BCUT2D eigenvalue weighted by Crippen LogP contribution is -2.18. The summed E-state index contributed by atoms with van der Waals surface area (Å²) in [6, 6.07) is 16.4. The molecule has 1 aliphatic carbocycles. The molecule has 0 saturated heterocycles. The quantitative estimate of drug-likeness (QED) is 0.907. The monoisotopic (exact) mass is 253 g/mol. The van der Waals surface area contributed by atoms with Crippen LogP contribution >= 0.6 is 0 Å².